The van der Waals surface area contributed by atoms with Crippen molar-refractivity contribution in [3.05, 3.63) is 70.6 Å². The highest BCUT2D eigenvalue weighted by Crippen LogP contribution is 2.24. The van der Waals surface area contributed by atoms with Gasteiger partial charge in [-0.1, -0.05) is 12.1 Å². The van der Waals surface area contributed by atoms with Gasteiger partial charge >= 0.3 is 0 Å². The number of hydrogen-bond acceptors (Lipinski definition) is 2. The maximum Gasteiger partial charge on any atom is 0.255 e. The van der Waals surface area contributed by atoms with E-state index in [0.717, 1.165) is 9.86 Å². The van der Waals surface area contributed by atoms with Gasteiger partial charge in [0.25, 0.3) is 5.91 Å². The zero-order valence-corrected chi connectivity index (χ0v) is 12.4. The van der Waals surface area contributed by atoms with Crippen LogP contribution in [0.3, 0.4) is 0 Å². The van der Waals surface area contributed by atoms with Gasteiger partial charge in [-0.15, -0.1) is 0 Å². The van der Waals surface area contributed by atoms with Crippen molar-refractivity contribution in [2.24, 2.45) is 0 Å². The summed E-state index contributed by atoms with van der Waals surface area (Å²) in [7, 11) is 0. The van der Waals surface area contributed by atoms with E-state index in [1.54, 1.807) is 12.3 Å². The highest BCUT2D eigenvalue weighted by molar-refractivity contribution is 9.10. The van der Waals surface area contributed by atoms with E-state index >= 15 is 0 Å². The molecule has 0 aliphatic rings. The van der Waals surface area contributed by atoms with E-state index in [9.17, 15) is 9.18 Å². The van der Waals surface area contributed by atoms with Gasteiger partial charge in [-0.3, -0.25) is 9.78 Å². The molecule has 3 aromatic rings. The lowest BCUT2D eigenvalue weighted by Gasteiger charge is -2.08. The lowest BCUT2D eigenvalue weighted by atomic mass is 10.1. The van der Waals surface area contributed by atoms with E-state index in [1.807, 2.05) is 18.2 Å². The van der Waals surface area contributed by atoms with Crippen LogP contribution in [0, 0.1) is 5.82 Å². The molecule has 0 spiro atoms. The van der Waals surface area contributed by atoms with Gasteiger partial charge < -0.3 is 5.32 Å². The average Bonchev–Trinajstić information content (AvgIpc) is 2.47. The molecule has 0 bridgehead atoms. The molecule has 0 radical (unpaired) electrons. The second kappa shape index (κ2) is 5.61. The maximum absolute atomic E-state index is 12.9. The van der Waals surface area contributed by atoms with Crippen molar-refractivity contribution in [1.29, 1.82) is 0 Å². The van der Waals surface area contributed by atoms with E-state index in [0.29, 0.717) is 16.8 Å². The number of hydrogen-bond donors (Lipinski definition) is 1. The second-order valence-corrected chi connectivity index (χ2v) is 5.41. The van der Waals surface area contributed by atoms with Crippen molar-refractivity contribution >= 4 is 38.4 Å². The molecule has 1 amide bonds. The van der Waals surface area contributed by atoms with Gasteiger partial charge in [0, 0.05) is 21.6 Å². The summed E-state index contributed by atoms with van der Waals surface area (Å²) in [6.45, 7) is 0. The normalized spacial score (nSPS) is 10.6. The molecule has 3 nitrogen and oxygen atoms in total. The molecule has 0 atom stereocenters. The first-order valence-corrected chi connectivity index (χ1v) is 7.04. The maximum atomic E-state index is 12.9. The predicted octanol–water partition coefficient (Wildman–Crippen LogP) is 4.39. The fraction of sp³-hybridized carbons (Fsp3) is 0. The van der Waals surface area contributed by atoms with E-state index in [4.69, 9.17) is 0 Å². The second-order valence-electron chi connectivity index (χ2n) is 4.49. The largest absolute Gasteiger partial charge is 0.320 e. The molecular weight excluding hydrogens is 335 g/mol. The Bertz CT molecular complexity index is 818. The molecule has 5 heteroatoms. The number of carbonyl (C=O) groups excluding carboxylic acids is 1. The predicted molar refractivity (Wildman–Crippen MR) is 83.8 cm³/mol. The summed E-state index contributed by atoms with van der Waals surface area (Å²) >= 11 is 3.37. The Morgan fingerprint density at radius 2 is 1.90 bits per heavy atom. The van der Waals surface area contributed by atoms with Crippen LogP contribution in [-0.4, -0.2) is 10.9 Å². The third-order valence-corrected chi connectivity index (χ3v) is 3.47. The number of amides is 1. The molecule has 0 saturated carbocycles. The summed E-state index contributed by atoms with van der Waals surface area (Å²) in [4.78, 5) is 16.5. The van der Waals surface area contributed by atoms with Gasteiger partial charge in [-0.05, 0) is 52.3 Å². The van der Waals surface area contributed by atoms with Crippen molar-refractivity contribution in [1.82, 2.24) is 4.98 Å². The fourth-order valence-corrected chi connectivity index (χ4v) is 2.38. The van der Waals surface area contributed by atoms with Crippen LogP contribution in [0.4, 0.5) is 10.1 Å². The SMILES string of the molecule is O=C(Nc1cccc2cc(Br)cnc12)c1ccc(F)cc1. The molecular formula is C16H10BrFN2O. The Balaban J connectivity index is 1.94. The zero-order valence-electron chi connectivity index (χ0n) is 10.8. The van der Waals surface area contributed by atoms with Gasteiger partial charge in [-0.25, -0.2) is 4.39 Å². The lowest BCUT2D eigenvalue weighted by molar-refractivity contribution is 0.102. The molecule has 2 aromatic carbocycles. The highest BCUT2D eigenvalue weighted by atomic mass is 79.9. The topological polar surface area (TPSA) is 42.0 Å². The number of pyridine rings is 1. The third kappa shape index (κ3) is 2.92. The summed E-state index contributed by atoms with van der Waals surface area (Å²) < 4.78 is 13.7. The monoisotopic (exact) mass is 344 g/mol. The van der Waals surface area contributed by atoms with E-state index < -0.39 is 0 Å². The Morgan fingerprint density at radius 1 is 1.14 bits per heavy atom. The quantitative estimate of drug-likeness (QED) is 0.749. The minimum absolute atomic E-state index is 0.299. The number of aromatic nitrogens is 1. The minimum atomic E-state index is -0.372. The van der Waals surface area contributed by atoms with Crippen LogP contribution < -0.4 is 5.32 Å². The van der Waals surface area contributed by atoms with Gasteiger partial charge in [0.15, 0.2) is 0 Å². The molecule has 0 saturated heterocycles. The van der Waals surface area contributed by atoms with E-state index in [-0.39, 0.29) is 11.7 Å². The molecule has 1 heterocycles. The molecule has 1 N–H and O–H groups in total. The van der Waals surface area contributed by atoms with Gasteiger partial charge in [0.2, 0.25) is 0 Å². The summed E-state index contributed by atoms with van der Waals surface area (Å²) in [5.41, 5.74) is 1.72. The van der Waals surface area contributed by atoms with Crippen molar-refractivity contribution < 1.29 is 9.18 Å². The Morgan fingerprint density at radius 3 is 2.67 bits per heavy atom. The van der Waals surface area contributed by atoms with E-state index in [1.165, 1.54) is 24.3 Å². The number of benzene rings is 2. The lowest BCUT2D eigenvalue weighted by Crippen LogP contribution is -2.12. The standard InChI is InChI=1S/C16H10BrFN2O/c17-12-8-11-2-1-3-14(15(11)19-9-12)20-16(21)10-4-6-13(18)7-5-10/h1-9H,(H,20,21). The number of halogens is 2. The molecule has 0 unspecified atom stereocenters. The summed E-state index contributed by atoms with van der Waals surface area (Å²) in [6, 6.07) is 12.9. The van der Waals surface area contributed by atoms with Crippen molar-refractivity contribution in [2.45, 2.75) is 0 Å². The summed E-state index contributed by atoms with van der Waals surface area (Å²) in [5.74, 6) is -0.671. The fourth-order valence-electron chi connectivity index (χ4n) is 2.03. The number of para-hydroxylation sites is 1. The number of nitrogens with zero attached hydrogens (tertiary/aromatic N) is 1. The average molecular weight is 345 g/mol. The van der Waals surface area contributed by atoms with Crippen LogP contribution in [0.1, 0.15) is 10.4 Å². The molecule has 3 rings (SSSR count). The minimum Gasteiger partial charge on any atom is -0.320 e. The molecule has 104 valence electrons. The van der Waals surface area contributed by atoms with Crippen LogP contribution >= 0.6 is 15.9 Å². The first-order valence-electron chi connectivity index (χ1n) is 6.25. The number of nitrogens with one attached hydrogen (secondary N) is 1. The Hall–Kier alpha value is -2.27. The highest BCUT2D eigenvalue weighted by Gasteiger charge is 2.09. The molecule has 21 heavy (non-hydrogen) atoms. The smallest absolute Gasteiger partial charge is 0.255 e. The zero-order chi connectivity index (χ0) is 14.8. The van der Waals surface area contributed by atoms with Crippen LogP contribution in [0.25, 0.3) is 10.9 Å². The van der Waals surface area contributed by atoms with E-state index in [2.05, 4.69) is 26.2 Å². The first kappa shape index (κ1) is 13.7. The molecule has 0 fully saturated rings. The van der Waals surface area contributed by atoms with Crippen LogP contribution in [0.15, 0.2) is 59.2 Å². The van der Waals surface area contributed by atoms with Crippen LogP contribution in [0.5, 0.6) is 0 Å². The molecule has 0 aliphatic heterocycles. The number of carbonyl (C=O) groups is 1. The van der Waals surface area contributed by atoms with Gasteiger partial charge in [0.05, 0.1) is 11.2 Å². The van der Waals surface area contributed by atoms with Crippen molar-refractivity contribution in [3.63, 3.8) is 0 Å². The number of anilines is 1. The number of fused-ring (bicyclic) bond motifs is 1. The van der Waals surface area contributed by atoms with Crippen molar-refractivity contribution in [3.8, 4) is 0 Å². The molecule has 0 aliphatic carbocycles. The van der Waals surface area contributed by atoms with Crippen LogP contribution in [0.2, 0.25) is 0 Å². The molecule has 1 aromatic heterocycles. The summed E-state index contributed by atoms with van der Waals surface area (Å²) in [6.07, 6.45) is 1.68. The van der Waals surface area contributed by atoms with Gasteiger partial charge in [-0.2, -0.15) is 0 Å². The summed E-state index contributed by atoms with van der Waals surface area (Å²) in [5, 5.41) is 3.72. The number of rotatable bonds is 2. The Labute approximate surface area is 128 Å². The Kier molecular flexibility index (Phi) is 3.66. The third-order valence-electron chi connectivity index (χ3n) is 3.03. The first-order chi connectivity index (χ1) is 10.1. The van der Waals surface area contributed by atoms with Crippen LogP contribution in [-0.2, 0) is 0 Å². The van der Waals surface area contributed by atoms with Gasteiger partial charge in [0.1, 0.15) is 5.82 Å². The van der Waals surface area contributed by atoms with Crippen molar-refractivity contribution in [2.75, 3.05) is 5.32 Å².